The molecular weight excluding hydrogens is 354 g/mol. The number of nitrogens with two attached hydrogens (primary N) is 3. The molecule has 1 unspecified atom stereocenters. The molecule has 0 saturated heterocycles. The minimum absolute atomic E-state index is 0.00590. The third-order valence-corrected chi connectivity index (χ3v) is 4.44. The van der Waals surface area contributed by atoms with Crippen molar-refractivity contribution in [2.75, 3.05) is 5.32 Å². The molecule has 1 aliphatic rings. The minimum atomic E-state index is -0.872. The van der Waals surface area contributed by atoms with Crippen LogP contribution in [0.1, 0.15) is 37.7 Å². The second-order valence-corrected chi connectivity index (χ2v) is 7.20. The molecule has 0 spiro atoms. The fraction of sp³-hybridized carbons (Fsp3) is 0.438. The summed E-state index contributed by atoms with van der Waals surface area (Å²) in [7, 11) is 0. The van der Waals surface area contributed by atoms with Crippen molar-refractivity contribution in [1.82, 2.24) is 9.97 Å². The SMILES string of the molecule is CC(N)=CC([SH2+])=Nc1nc(NC2(C(N)=O)C[C@@H]2C(C)C)cnc1C(N)=O. The first-order valence-corrected chi connectivity index (χ1v) is 8.56. The van der Waals surface area contributed by atoms with Crippen molar-refractivity contribution in [1.29, 1.82) is 0 Å². The Morgan fingerprint density at radius 1 is 1.42 bits per heavy atom. The van der Waals surface area contributed by atoms with Crippen LogP contribution in [0, 0.1) is 11.8 Å². The number of carbonyl (C=O) groups excluding carboxylic acids is 2. The molecule has 2 rings (SSSR count). The van der Waals surface area contributed by atoms with Crippen molar-refractivity contribution < 1.29 is 9.59 Å². The van der Waals surface area contributed by atoms with E-state index >= 15 is 0 Å². The van der Waals surface area contributed by atoms with Crippen molar-refractivity contribution in [3.63, 3.8) is 0 Å². The fourth-order valence-electron chi connectivity index (χ4n) is 2.86. The number of aromatic nitrogens is 2. The summed E-state index contributed by atoms with van der Waals surface area (Å²) in [4.78, 5) is 36.0. The van der Waals surface area contributed by atoms with Crippen molar-refractivity contribution in [2.24, 2.45) is 34.0 Å². The number of hydrogen-bond acceptors (Lipinski definition) is 7. The molecule has 0 radical (unpaired) electrons. The number of amides is 2. The molecule has 1 saturated carbocycles. The van der Waals surface area contributed by atoms with Crippen molar-refractivity contribution >= 4 is 41.1 Å². The number of anilines is 1. The van der Waals surface area contributed by atoms with E-state index in [-0.39, 0.29) is 29.2 Å². The quantitative estimate of drug-likeness (QED) is 0.291. The number of allylic oxidation sites excluding steroid dienone is 1. The van der Waals surface area contributed by atoms with E-state index in [2.05, 4.69) is 32.9 Å². The van der Waals surface area contributed by atoms with E-state index in [1.807, 2.05) is 13.8 Å². The highest BCUT2D eigenvalue weighted by Gasteiger charge is 2.60. The van der Waals surface area contributed by atoms with Gasteiger partial charge in [0.05, 0.1) is 6.20 Å². The van der Waals surface area contributed by atoms with Gasteiger partial charge in [-0.3, -0.25) is 9.59 Å². The summed E-state index contributed by atoms with van der Waals surface area (Å²) in [5.41, 5.74) is 16.0. The number of nitrogens with one attached hydrogen (secondary N) is 1. The monoisotopic (exact) mass is 378 g/mol. The van der Waals surface area contributed by atoms with E-state index in [0.29, 0.717) is 17.2 Å². The second-order valence-electron chi connectivity index (χ2n) is 6.69. The molecule has 1 heterocycles. The molecule has 9 nitrogen and oxygen atoms in total. The number of hydrogen-bond donors (Lipinski definition) is 4. The molecule has 0 bridgehead atoms. The lowest BCUT2D eigenvalue weighted by Crippen LogP contribution is -2.41. The highest BCUT2D eigenvalue weighted by atomic mass is 32.1. The average Bonchev–Trinajstić information content (AvgIpc) is 3.22. The smallest absolute Gasteiger partial charge is 0.271 e. The zero-order valence-electron chi connectivity index (χ0n) is 14.9. The van der Waals surface area contributed by atoms with Gasteiger partial charge >= 0.3 is 0 Å². The standard InChI is InChI=1S/C16H23N7O2S/c1-7(2)9-5-16(9,15(19)25)23-10-6-20-12(13(18)24)14(21-10)22-11(26)4-8(3)17/h4,6-7,9H,5,17H2,1-3H3,(H2,18,24)(H2,19,25)(H2,21,22,23,26)/p+1/t9-,16?/m1/s1. The highest BCUT2D eigenvalue weighted by molar-refractivity contribution is 7.78. The van der Waals surface area contributed by atoms with Crippen LogP contribution < -0.4 is 22.5 Å². The first kappa shape index (κ1) is 19.7. The van der Waals surface area contributed by atoms with Gasteiger partial charge in [-0.25, -0.2) is 9.97 Å². The third kappa shape index (κ3) is 4.13. The summed E-state index contributed by atoms with van der Waals surface area (Å²) in [6, 6.07) is 0. The Hall–Kier alpha value is -2.62. The van der Waals surface area contributed by atoms with Crippen molar-refractivity contribution in [3.8, 4) is 0 Å². The number of rotatable bonds is 7. The van der Waals surface area contributed by atoms with Gasteiger partial charge in [0.2, 0.25) is 11.0 Å². The first-order valence-electron chi connectivity index (χ1n) is 8.06. The summed E-state index contributed by atoms with van der Waals surface area (Å²) in [6.45, 7) is 5.73. The molecule has 2 atom stereocenters. The molecule has 26 heavy (non-hydrogen) atoms. The van der Waals surface area contributed by atoms with Crippen LogP contribution in [0.5, 0.6) is 0 Å². The molecule has 1 aromatic rings. The Morgan fingerprint density at radius 2 is 2.08 bits per heavy atom. The van der Waals surface area contributed by atoms with E-state index in [1.165, 1.54) is 6.20 Å². The van der Waals surface area contributed by atoms with Gasteiger partial charge in [-0.2, -0.15) is 4.99 Å². The van der Waals surface area contributed by atoms with Gasteiger partial charge in [0.15, 0.2) is 11.5 Å². The number of carbonyl (C=O) groups is 2. The van der Waals surface area contributed by atoms with Crippen LogP contribution in [0.25, 0.3) is 0 Å². The van der Waals surface area contributed by atoms with Gasteiger partial charge in [-0.1, -0.05) is 13.8 Å². The lowest BCUT2D eigenvalue weighted by atomic mass is 10.0. The maximum absolute atomic E-state index is 11.9. The number of aliphatic imine (C=N–C) groups is 1. The van der Waals surface area contributed by atoms with Gasteiger partial charge < -0.3 is 22.5 Å². The molecule has 0 aromatic carbocycles. The van der Waals surface area contributed by atoms with Gasteiger partial charge in [0, 0.05) is 24.4 Å². The zero-order valence-corrected chi connectivity index (χ0v) is 15.9. The van der Waals surface area contributed by atoms with Crippen LogP contribution in [-0.4, -0.2) is 32.4 Å². The Morgan fingerprint density at radius 3 is 2.54 bits per heavy atom. The van der Waals surface area contributed by atoms with E-state index in [9.17, 15) is 9.59 Å². The molecule has 0 aliphatic heterocycles. The van der Waals surface area contributed by atoms with Crippen LogP contribution in [0.3, 0.4) is 0 Å². The lowest BCUT2D eigenvalue weighted by molar-refractivity contribution is -0.120. The Balaban J connectivity index is 2.40. The molecule has 1 aromatic heterocycles. The van der Waals surface area contributed by atoms with Crippen LogP contribution in [0.15, 0.2) is 23.0 Å². The summed E-state index contributed by atoms with van der Waals surface area (Å²) in [6.07, 6.45) is 3.48. The fourth-order valence-corrected chi connectivity index (χ4v) is 3.20. The topological polar surface area (TPSA) is 162 Å². The van der Waals surface area contributed by atoms with E-state index in [1.54, 1.807) is 13.0 Å². The van der Waals surface area contributed by atoms with Crippen LogP contribution in [0.4, 0.5) is 11.6 Å². The lowest BCUT2D eigenvalue weighted by Gasteiger charge is -2.18. The Labute approximate surface area is 156 Å². The normalized spacial score (nSPS) is 23.0. The van der Waals surface area contributed by atoms with E-state index in [0.717, 1.165) is 0 Å². The minimum Gasteiger partial charge on any atom is -0.402 e. The summed E-state index contributed by atoms with van der Waals surface area (Å²) in [5.74, 6) is -0.568. The van der Waals surface area contributed by atoms with Gasteiger partial charge in [-0.15, -0.1) is 0 Å². The predicted octanol–water partition coefficient (Wildman–Crippen LogP) is -0.209. The molecule has 140 valence electrons. The van der Waals surface area contributed by atoms with Crippen molar-refractivity contribution in [2.45, 2.75) is 32.7 Å². The molecule has 7 N–H and O–H groups in total. The summed E-state index contributed by atoms with van der Waals surface area (Å²) >= 11 is 3.28. The second kappa shape index (κ2) is 7.32. The molecule has 1 aliphatic carbocycles. The zero-order chi connectivity index (χ0) is 19.6. The molecule has 2 amide bonds. The Kier molecular flexibility index (Phi) is 5.55. The van der Waals surface area contributed by atoms with Gasteiger partial charge in [0.25, 0.3) is 5.91 Å². The Bertz CT molecular complexity index is 802. The van der Waals surface area contributed by atoms with Crippen molar-refractivity contribution in [3.05, 3.63) is 23.7 Å². The maximum Gasteiger partial charge on any atom is 0.271 e. The maximum atomic E-state index is 11.9. The van der Waals surface area contributed by atoms with Gasteiger partial charge in [0.1, 0.15) is 11.4 Å². The molecule has 1 fully saturated rings. The molecule has 10 heteroatoms. The number of primary amides is 2. The van der Waals surface area contributed by atoms with E-state index < -0.39 is 17.4 Å². The number of nitrogens with zero attached hydrogens (tertiary/aromatic N) is 3. The largest absolute Gasteiger partial charge is 0.402 e. The first-order chi connectivity index (χ1) is 12.1. The van der Waals surface area contributed by atoms with Crippen LogP contribution in [0.2, 0.25) is 0 Å². The van der Waals surface area contributed by atoms with Crippen LogP contribution >= 0.6 is 0 Å². The third-order valence-electron chi connectivity index (χ3n) is 4.19. The average molecular weight is 378 g/mol. The summed E-state index contributed by atoms with van der Waals surface area (Å²) < 4.78 is 0. The summed E-state index contributed by atoms with van der Waals surface area (Å²) in [5, 5.41) is 3.40. The van der Waals surface area contributed by atoms with Gasteiger partial charge in [-0.05, 0) is 25.2 Å². The van der Waals surface area contributed by atoms with E-state index in [4.69, 9.17) is 17.2 Å². The highest BCUT2D eigenvalue weighted by Crippen LogP contribution is 2.50. The van der Waals surface area contributed by atoms with Crippen LogP contribution in [-0.2, 0) is 17.4 Å². The molecular formula is C16H24N7O2S+. The predicted molar refractivity (Wildman–Crippen MR) is 104 cm³/mol.